The molecular formula is C26H26N6S. The molecule has 6 nitrogen and oxygen atoms in total. The summed E-state index contributed by atoms with van der Waals surface area (Å²) < 4.78 is 2.25. The number of nitrogens with zero attached hydrogens (tertiary/aromatic N) is 5. The van der Waals surface area contributed by atoms with Gasteiger partial charge in [-0.25, -0.2) is 0 Å². The van der Waals surface area contributed by atoms with Crippen LogP contribution in [0.3, 0.4) is 0 Å². The van der Waals surface area contributed by atoms with Crippen molar-refractivity contribution in [2.45, 2.75) is 18.6 Å². The Bertz CT molecular complexity index is 1220. The lowest BCUT2D eigenvalue weighted by Crippen LogP contribution is -2.30. The number of hydrogen-bond acceptors (Lipinski definition) is 4. The molecule has 0 saturated carbocycles. The predicted octanol–water partition coefficient (Wildman–Crippen LogP) is 4.51. The van der Waals surface area contributed by atoms with Crippen LogP contribution in [0.5, 0.6) is 0 Å². The van der Waals surface area contributed by atoms with Crippen LogP contribution < -0.4 is 10.2 Å². The molecule has 1 aliphatic heterocycles. The fourth-order valence-corrected chi connectivity index (χ4v) is 4.67. The Kier molecular flexibility index (Phi) is 5.79. The van der Waals surface area contributed by atoms with E-state index in [1.807, 2.05) is 42.9 Å². The van der Waals surface area contributed by atoms with Gasteiger partial charge in [0, 0.05) is 62.5 Å². The number of nitrogens with one attached hydrogen (secondary N) is 1. The Labute approximate surface area is 199 Å². The molecule has 0 amide bonds. The summed E-state index contributed by atoms with van der Waals surface area (Å²) >= 11 is 5.83. The summed E-state index contributed by atoms with van der Waals surface area (Å²) in [5, 5.41) is 4.27. The molecule has 2 atom stereocenters. The smallest absolute Gasteiger partial charge is 0.170 e. The Morgan fingerprint density at radius 2 is 1.73 bits per heavy atom. The van der Waals surface area contributed by atoms with E-state index in [-0.39, 0.29) is 12.1 Å². The van der Waals surface area contributed by atoms with E-state index in [4.69, 9.17) is 12.2 Å². The molecule has 4 aromatic rings. The molecule has 1 fully saturated rings. The summed E-state index contributed by atoms with van der Waals surface area (Å²) in [5.74, 6) is 0. The van der Waals surface area contributed by atoms with Crippen LogP contribution in [0.1, 0.15) is 29.0 Å². The molecule has 3 aromatic heterocycles. The minimum Gasteiger partial charge on any atom is -0.378 e. The maximum Gasteiger partial charge on any atom is 0.170 e. The number of pyridine rings is 2. The molecule has 1 N–H and O–H groups in total. The number of hydrogen-bond donors (Lipinski definition) is 1. The quantitative estimate of drug-likeness (QED) is 0.433. The summed E-state index contributed by atoms with van der Waals surface area (Å²) in [6.45, 7) is 0.688. The van der Waals surface area contributed by atoms with E-state index in [9.17, 15) is 0 Å². The highest BCUT2D eigenvalue weighted by Gasteiger charge is 2.41. The zero-order chi connectivity index (χ0) is 22.8. The molecule has 1 saturated heterocycles. The van der Waals surface area contributed by atoms with Crippen molar-refractivity contribution in [2.24, 2.45) is 0 Å². The third-order valence-electron chi connectivity index (χ3n) is 6.03. The van der Waals surface area contributed by atoms with Crippen molar-refractivity contribution in [3.05, 3.63) is 108 Å². The van der Waals surface area contributed by atoms with Crippen LogP contribution in [0, 0.1) is 0 Å². The zero-order valence-electron chi connectivity index (χ0n) is 18.7. The van der Waals surface area contributed by atoms with Crippen molar-refractivity contribution in [3.8, 4) is 5.69 Å². The van der Waals surface area contributed by atoms with E-state index < -0.39 is 0 Å². The Hall–Kier alpha value is -3.71. The molecular weight excluding hydrogens is 428 g/mol. The lowest BCUT2D eigenvalue weighted by Gasteiger charge is -2.29. The van der Waals surface area contributed by atoms with Crippen molar-refractivity contribution in [1.82, 2.24) is 24.8 Å². The lowest BCUT2D eigenvalue weighted by molar-refractivity contribution is 0.302. The molecule has 4 heterocycles. The number of thiocarbonyl (C=S) groups is 1. The molecule has 2 unspecified atom stereocenters. The average molecular weight is 455 g/mol. The van der Waals surface area contributed by atoms with Gasteiger partial charge in [0.2, 0.25) is 0 Å². The van der Waals surface area contributed by atoms with Crippen molar-refractivity contribution in [1.29, 1.82) is 0 Å². The van der Waals surface area contributed by atoms with Crippen molar-refractivity contribution in [3.63, 3.8) is 0 Å². The van der Waals surface area contributed by atoms with Gasteiger partial charge in [0.15, 0.2) is 5.11 Å². The lowest BCUT2D eigenvalue weighted by atomic mass is 10.0. The maximum atomic E-state index is 5.83. The van der Waals surface area contributed by atoms with E-state index >= 15 is 0 Å². The first-order valence-electron chi connectivity index (χ1n) is 10.9. The Balaban J connectivity index is 1.57. The van der Waals surface area contributed by atoms with Crippen molar-refractivity contribution in [2.75, 3.05) is 19.0 Å². The molecule has 0 bridgehead atoms. The minimum atomic E-state index is -0.0600. The predicted molar refractivity (Wildman–Crippen MR) is 135 cm³/mol. The van der Waals surface area contributed by atoms with Crippen LogP contribution in [0.2, 0.25) is 0 Å². The van der Waals surface area contributed by atoms with Crippen molar-refractivity contribution < 1.29 is 0 Å². The van der Waals surface area contributed by atoms with E-state index in [1.54, 1.807) is 0 Å². The van der Waals surface area contributed by atoms with Gasteiger partial charge in [-0.15, -0.1) is 0 Å². The zero-order valence-corrected chi connectivity index (χ0v) is 19.5. The number of benzene rings is 1. The van der Waals surface area contributed by atoms with Gasteiger partial charge in [-0.2, -0.15) is 0 Å². The normalized spacial score (nSPS) is 17.8. The monoisotopic (exact) mass is 454 g/mol. The summed E-state index contributed by atoms with van der Waals surface area (Å²) in [6, 6.07) is 22.9. The van der Waals surface area contributed by atoms with Gasteiger partial charge in [0.25, 0.3) is 0 Å². The van der Waals surface area contributed by atoms with Gasteiger partial charge < -0.3 is 19.7 Å². The maximum absolute atomic E-state index is 5.83. The molecule has 1 aliphatic rings. The number of aromatic nitrogens is 3. The third kappa shape index (κ3) is 4.19. The molecule has 7 heteroatoms. The molecule has 0 spiro atoms. The Morgan fingerprint density at radius 1 is 0.939 bits per heavy atom. The molecule has 5 rings (SSSR count). The van der Waals surface area contributed by atoms with Crippen molar-refractivity contribution >= 4 is 23.0 Å². The second kappa shape index (κ2) is 9.03. The van der Waals surface area contributed by atoms with Crippen LogP contribution in [0.4, 0.5) is 5.69 Å². The number of rotatable bonds is 6. The molecule has 1 aromatic carbocycles. The summed E-state index contributed by atoms with van der Waals surface area (Å²) in [4.78, 5) is 13.2. The SMILES string of the molecule is CN(C)c1ccc(-n2cccc2C2C(c3ccccn3)NC(=S)N2Cc2ccncc2)cc1. The summed E-state index contributed by atoms with van der Waals surface area (Å²) in [7, 11) is 4.10. The van der Waals surface area contributed by atoms with Gasteiger partial charge in [-0.3, -0.25) is 9.97 Å². The third-order valence-corrected chi connectivity index (χ3v) is 6.38. The number of anilines is 1. The summed E-state index contributed by atoms with van der Waals surface area (Å²) in [6.07, 6.45) is 7.59. The highest BCUT2D eigenvalue weighted by Crippen LogP contribution is 2.40. The van der Waals surface area contributed by atoms with Gasteiger partial charge in [0.1, 0.15) is 0 Å². The Morgan fingerprint density at radius 3 is 2.42 bits per heavy atom. The average Bonchev–Trinajstić information content (AvgIpc) is 3.45. The molecule has 0 aliphatic carbocycles. The summed E-state index contributed by atoms with van der Waals surface area (Å²) in [5.41, 5.74) is 5.57. The van der Waals surface area contributed by atoms with E-state index in [0.29, 0.717) is 6.54 Å². The topological polar surface area (TPSA) is 49.2 Å². The highest BCUT2D eigenvalue weighted by atomic mass is 32.1. The fourth-order valence-electron chi connectivity index (χ4n) is 4.36. The van der Waals surface area contributed by atoms with Crippen LogP contribution >= 0.6 is 12.2 Å². The molecule has 0 radical (unpaired) electrons. The fraction of sp³-hybridized carbons (Fsp3) is 0.192. The van der Waals surface area contributed by atoms with Crippen LogP contribution in [0.15, 0.2) is 91.5 Å². The first-order valence-corrected chi connectivity index (χ1v) is 11.3. The largest absolute Gasteiger partial charge is 0.378 e. The van der Waals surface area contributed by atoms with Gasteiger partial charge in [-0.05, 0) is 78.4 Å². The van der Waals surface area contributed by atoms with Crippen LogP contribution in [-0.4, -0.2) is 38.6 Å². The van der Waals surface area contributed by atoms with Gasteiger partial charge in [0.05, 0.1) is 17.8 Å². The standard InChI is InChI=1S/C26H26N6S/c1-30(2)20-8-10-21(11-9-20)31-17-5-7-23(31)25-24(22-6-3-4-14-28-22)29-26(33)32(25)18-19-12-15-27-16-13-19/h3-17,24-25H,18H2,1-2H3,(H,29,33). The van der Waals surface area contributed by atoms with E-state index in [1.165, 1.54) is 5.69 Å². The van der Waals surface area contributed by atoms with E-state index in [0.717, 1.165) is 27.8 Å². The second-order valence-corrected chi connectivity index (χ2v) is 8.71. The van der Waals surface area contributed by atoms with Crippen LogP contribution in [0.25, 0.3) is 5.69 Å². The van der Waals surface area contributed by atoms with Gasteiger partial charge >= 0.3 is 0 Å². The van der Waals surface area contributed by atoms with Crippen LogP contribution in [-0.2, 0) is 6.54 Å². The molecule has 166 valence electrons. The second-order valence-electron chi connectivity index (χ2n) is 8.32. The minimum absolute atomic E-state index is 0.0240. The highest BCUT2D eigenvalue weighted by molar-refractivity contribution is 7.80. The first-order chi connectivity index (χ1) is 16.1. The van der Waals surface area contributed by atoms with Gasteiger partial charge in [-0.1, -0.05) is 6.07 Å². The molecule has 33 heavy (non-hydrogen) atoms. The first kappa shape index (κ1) is 21.2. The van der Waals surface area contributed by atoms with E-state index in [2.05, 4.69) is 92.4 Å².